The van der Waals surface area contributed by atoms with Crippen molar-refractivity contribution < 1.29 is 23.4 Å². The number of hydrogen-bond acceptors (Lipinski definition) is 2. The number of carboxylic acid groups (broad SMARTS) is 1. The minimum Gasteiger partial charge on any atom is -0.494 e. The van der Waals surface area contributed by atoms with Crippen molar-refractivity contribution in [2.75, 3.05) is 7.11 Å². The van der Waals surface area contributed by atoms with Gasteiger partial charge in [0.15, 0.2) is 11.6 Å². The Morgan fingerprint density at radius 1 is 1.47 bits per heavy atom. The molecule has 0 bridgehead atoms. The van der Waals surface area contributed by atoms with E-state index in [1.807, 2.05) is 0 Å². The van der Waals surface area contributed by atoms with Crippen molar-refractivity contribution in [3.63, 3.8) is 0 Å². The van der Waals surface area contributed by atoms with Gasteiger partial charge in [0, 0.05) is 11.6 Å². The number of ether oxygens (including phenoxy) is 1. The molecule has 82 valence electrons. The molecular weight excluding hydrogens is 206 g/mol. The standard InChI is InChI=1S/C10H10F2O3/c1-5(10(13)14)7-3-6(11)4-8(15-2)9(7)12/h3-5H,1-2H3,(H,13,14). The molecule has 1 aromatic carbocycles. The largest absolute Gasteiger partial charge is 0.494 e. The Morgan fingerprint density at radius 2 is 2.07 bits per heavy atom. The molecule has 0 heterocycles. The minimum atomic E-state index is -1.22. The van der Waals surface area contributed by atoms with E-state index in [2.05, 4.69) is 4.74 Å². The van der Waals surface area contributed by atoms with E-state index in [1.165, 1.54) is 14.0 Å². The number of rotatable bonds is 3. The van der Waals surface area contributed by atoms with Gasteiger partial charge in [-0.3, -0.25) is 4.79 Å². The molecule has 0 radical (unpaired) electrons. The van der Waals surface area contributed by atoms with Crippen LogP contribution in [0.15, 0.2) is 12.1 Å². The van der Waals surface area contributed by atoms with Crippen LogP contribution in [0.3, 0.4) is 0 Å². The second-order valence-corrected chi connectivity index (χ2v) is 3.07. The summed E-state index contributed by atoms with van der Waals surface area (Å²) in [7, 11) is 1.19. The van der Waals surface area contributed by atoms with Crippen LogP contribution < -0.4 is 4.74 Å². The molecule has 0 aliphatic carbocycles. The second-order valence-electron chi connectivity index (χ2n) is 3.07. The zero-order valence-corrected chi connectivity index (χ0v) is 8.25. The van der Waals surface area contributed by atoms with Crippen LogP contribution in [0.1, 0.15) is 18.4 Å². The van der Waals surface area contributed by atoms with Crippen LogP contribution in [0.25, 0.3) is 0 Å². The van der Waals surface area contributed by atoms with Crippen molar-refractivity contribution in [2.45, 2.75) is 12.8 Å². The first kappa shape index (κ1) is 11.4. The number of carbonyl (C=O) groups is 1. The quantitative estimate of drug-likeness (QED) is 0.842. The Kier molecular flexibility index (Phi) is 3.24. The summed E-state index contributed by atoms with van der Waals surface area (Å²) in [5.41, 5.74) is -0.223. The molecule has 0 saturated carbocycles. The van der Waals surface area contributed by atoms with E-state index in [0.717, 1.165) is 12.1 Å². The molecule has 1 aromatic rings. The molecule has 0 amide bonds. The summed E-state index contributed by atoms with van der Waals surface area (Å²) in [4.78, 5) is 10.6. The number of benzene rings is 1. The SMILES string of the molecule is COc1cc(F)cc(C(C)C(=O)O)c1F. The highest BCUT2D eigenvalue weighted by Gasteiger charge is 2.21. The monoisotopic (exact) mass is 216 g/mol. The molecule has 3 nitrogen and oxygen atoms in total. The Bertz CT molecular complexity index is 390. The van der Waals surface area contributed by atoms with Crippen molar-refractivity contribution in [3.8, 4) is 5.75 Å². The molecule has 0 fully saturated rings. The van der Waals surface area contributed by atoms with Crippen LogP contribution in [0.4, 0.5) is 8.78 Å². The number of methoxy groups -OCH3 is 1. The fourth-order valence-electron chi connectivity index (χ4n) is 1.18. The summed E-state index contributed by atoms with van der Waals surface area (Å²) in [5.74, 6) is -4.19. The van der Waals surface area contributed by atoms with Crippen LogP contribution >= 0.6 is 0 Å². The normalized spacial score (nSPS) is 12.3. The molecule has 5 heteroatoms. The molecule has 0 saturated heterocycles. The number of halogens is 2. The third kappa shape index (κ3) is 2.23. The van der Waals surface area contributed by atoms with Gasteiger partial charge < -0.3 is 9.84 Å². The van der Waals surface area contributed by atoms with Crippen LogP contribution in [-0.4, -0.2) is 18.2 Å². The molecule has 0 aliphatic rings. The molecule has 1 N–H and O–H groups in total. The summed E-state index contributed by atoms with van der Waals surface area (Å²) in [5, 5.41) is 8.68. The Hall–Kier alpha value is -1.65. The van der Waals surface area contributed by atoms with Crippen LogP contribution in [-0.2, 0) is 4.79 Å². The Balaban J connectivity index is 3.28. The van der Waals surface area contributed by atoms with E-state index in [4.69, 9.17) is 5.11 Å². The van der Waals surface area contributed by atoms with Crippen molar-refractivity contribution in [3.05, 3.63) is 29.3 Å². The predicted molar refractivity (Wildman–Crippen MR) is 49.0 cm³/mol. The maximum atomic E-state index is 13.5. The van der Waals surface area contributed by atoms with Gasteiger partial charge in [0.2, 0.25) is 0 Å². The van der Waals surface area contributed by atoms with Crippen molar-refractivity contribution in [1.29, 1.82) is 0 Å². The molecule has 0 aliphatic heterocycles. The van der Waals surface area contributed by atoms with Crippen LogP contribution in [0.5, 0.6) is 5.75 Å². The maximum absolute atomic E-state index is 13.5. The van der Waals surface area contributed by atoms with Crippen LogP contribution in [0, 0.1) is 11.6 Å². The first-order valence-electron chi connectivity index (χ1n) is 4.23. The van der Waals surface area contributed by atoms with Crippen molar-refractivity contribution in [2.24, 2.45) is 0 Å². The zero-order chi connectivity index (χ0) is 11.6. The van der Waals surface area contributed by atoms with E-state index in [1.54, 1.807) is 0 Å². The van der Waals surface area contributed by atoms with Crippen LogP contribution in [0.2, 0.25) is 0 Å². The maximum Gasteiger partial charge on any atom is 0.310 e. The first-order chi connectivity index (χ1) is 6.97. The van der Waals surface area contributed by atoms with Gasteiger partial charge in [0.25, 0.3) is 0 Å². The second kappa shape index (κ2) is 4.25. The van der Waals surface area contributed by atoms with Gasteiger partial charge in [0.1, 0.15) is 5.82 Å². The summed E-state index contributed by atoms with van der Waals surface area (Å²) < 4.78 is 31.1. The molecule has 0 spiro atoms. The highest BCUT2D eigenvalue weighted by Crippen LogP contribution is 2.27. The molecular formula is C10H10F2O3. The third-order valence-corrected chi connectivity index (χ3v) is 2.09. The lowest BCUT2D eigenvalue weighted by Gasteiger charge is -2.11. The van der Waals surface area contributed by atoms with Gasteiger partial charge >= 0.3 is 5.97 Å². The van der Waals surface area contributed by atoms with E-state index in [-0.39, 0.29) is 11.3 Å². The van der Waals surface area contributed by atoms with Gasteiger partial charge in [-0.05, 0) is 13.0 Å². The van der Waals surface area contributed by atoms with Crippen molar-refractivity contribution >= 4 is 5.97 Å². The smallest absolute Gasteiger partial charge is 0.310 e. The van der Waals surface area contributed by atoms with Gasteiger partial charge in [-0.1, -0.05) is 0 Å². The highest BCUT2D eigenvalue weighted by atomic mass is 19.1. The lowest BCUT2D eigenvalue weighted by atomic mass is 10.0. The van der Waals surface area contributed by atoms with E-state index in [0.29, 0.717) is 0 Å². The predicted octanol–water partition coefficient (Wildman–Crippen LogP) is 2.16. The average Bonchev–Trinajstić information content (AvgIpc) is 2.19. The molecule has 15 heavy (non-hydrogen) atoms. The fourth-order valence-corrected chi connectivity index (χ4v) is 1.18. The molecule has 1 rings (SSSR count). The van der Waals surface area contributed by atoms with E-state index < -0.39 is 23.5 Å². The summed E-state index contributed by atoms with van der Waals surface area (Å²) >= 11 is 0. The van der Waals surface area contributed by atoms with Gasteiger partial charge in [-0.2, -0.15) is 0 Å². The highest BCUT2D eigenvalue weighted by molar-refractivity contribution is 5.75. The zero-order valence-electron chi connectivity index (χ0n) is 8.25. The summed E-state index contributed by atoms with van der Waals surface area (Å²) in [6, 6.07) is 1.73. The molecule has 1 atom stereocenters. The third-order valence-electron chi connectivity index (χ3n) is 2.09. The lowest BCUT2D eigenvalue weighted by Crippen LogP contribution is -2.10. The summed E-state index contributed by atoms with van der Waals surface area (Å²) in [6.45, 7) is 1.28. The fraction of sp³-hybridized carbons (Fsp3) is 0.300. The Labute approximate surface area is 85.3 Å². The van der Waals surface area contributed by atoms with E-state index >= 15 is 0 Å². The molecule has 0 aromatic heterocycles. The molecule has 1 unspecified atom stereocenters. The van der Waals surface area contributed by atoms with Crippen molar-refractivity contribution in [1.82, 2.24) is 0 Å². The van der Waals surface area contributed by atoms with Gasteiger partial charge in [0.05, 0.1) is 13.0 Å². The average molecular weight is 216 g/mol. The van der Waals surface area contributed by atoms with Gasteiger partial charge in [-0.15, -0.1) is 0 Å². The van der Waals surface area contributed by atoms with E-state index in [9.17, 15) is 13.6 Å². The lowest BCUT2D eigenvalue weighted by molar-refractivity contribution is -0.138. The number of hydrogen-bond donors (Lipinski definition) is 1. The first-order valence-corrected chi connectivity index (χ1v) is 4.23. The minimum absolute atomic E-state index is 0.223. The summed E-state index contributed by atoms with van der Waals surface area (Å²) in [6.07, 6.45) is 0. The topological polar surface area (TPSA) is 46.5 Å². The van der Waals surface area contributed by atoms with Gasteiger partial charge in [-0.25, -0.2) is 8.78 Å². The number of aliphatic carboxylic acids is 1. The Morgan fingerprint density at radius 3 is 2.53 bits per heavy atom. The number of carboxylic acids is 1.